The van der Waals surface area contributed by atoms with Crippen LogP contribution in [0.1, 0.15) is 55.8 Å². The van der Waals surface area contributed by atoms with Crippen molar-refractivity contribution in [3.63, 3.8) is 0 Å². The molecule has 1 aliphatic carbocycles. The number of carbonyl (C=O) groups excluding carboxylic acids is 3. The Morgan fingerprint density at radius 3 is 2.55 bits per heavy atom. The normalized spacial score (nSPS) is 28.7. The van der Waals surface area contributed by atoms with Gasteiger partial charge < -0.3 is 15.3 Å². The van der Waals surface area contributed by atoms with Gasteiger partial charge in [-0.05, 0) is 51.2 Å². The van der Waals surface area contributed by atoms with E-state index in [1.54, 1.807) is 29.2 Å². The molecule has 1 aromatic carbocycles. The van der Waals surface area contributed by atoms with Crippen LogP contribution in [0.15, 0.2) is 24.3 Å². The number of nitrogens with zero attached hydrogens (tertiary/aromatic N) is 2. The number of carbonyl (C=O) groups is 4. The van der Waals surface area contributed by atoms with Gasteiger partial charge in [-0.3, -0.25) is 24.1 Å². The molecule has 1 saturated carbocycles. The van der Waals surface area contributed by atoms with Gasteiger partial charge in [-0.2, -0.15) is 0 Å². The summed E-state index contributed by atoms with van der Waals surface area (Å²) in [5, 5.41) is 12.1. The van der Waals surface area contributed by atoms with Gasteiger partial charge in [0, 0.05) is 12.5 Å². The first-order valence-electron chi connectivity index (χ1n) is 10.1. The van der Waals surface area contributed by atoms with Crippen molar-refractivity contribution in [2.24, 2.45) is 5.92 Å². The molecule has 3 amide bonds. The van der Waals surface area contributed by atoms with Crippen molar-refractivity contribution in [3.05, 3.63) is 29.8 Å². The molecule has 8 nitrogen and oxygen atoms in total. The summed E-state index contributed by atoms with van der Waals surface area (Å²) in [6.07, 6.45) is 3.10. The van der Waals surface area contributed by atoms with Crippen LogP contribution in [0, 0.1) is 5.92 Å². The van der Waals surface area contributed by atoms with Crippen LogP contribution in [0.4, 0.5) is 5.69 Å². The monoisotopic (exact) mass is 399 g/mol. The van der Waals surface area contributed by atoms with E-state index in [1.807, 2.05) is 6.92 Å². The Bertz CT molecular complexity index is 877. The highest BCUT2D eigenvalue weighted by Gasteiger charge is 2.53. The van der Waals surface area contributed by atoms with Crippen LogP contribution >= 0.6 is 0 Å². The molecule has 4 rings (SSSR count). The number of carboxylic acid groups (broad SMARTS) is 1. The number of hydrogen-bond acceptors (Lipinski definition) is 4. The van der Waals surface area contributed by atoms with Crippen LogP contribution in [0.3, 0.4) is 0 Å². The van der Waals surface area contributed by atoms with Gasteiger partial charge in [0.1, 0.15) is 12.2 Å². The molecule has 1 atom stereocenters. The second-order valence-electron chi connectivity index (χ2n) is 8.31. The quantitative estimate of drug-likeness (QED) is 0.802. The third kappa shape index (κ3) is 3.26. The van der Waals surface area contributed by atoms with Gasteiger partial charge in [-0.25, -0.2) is 0 Å². The zero-order valence-corrected chi connectivity index (χ0v) is 16.4. The molecule has 3 aliphatic rings. The van der Waals surface area contributed by atoms with Crippen LogP contribution in [-0.2, 0) is 14.4 Å². The number of carboxylic acids is 1. The first kappa shape index (κ1) is 19.4. The van der Waals surface area contributed by atoms with Gasteiger partial charge in [0.2, 0.25) is 11.8 Å². The Balaban J connectivity index is 1.50. The Morgan fingerprint density at radius 2 is 1.86 bits per heavy atom. The van der Waals surface area contributed by atoms with E-state index in [-0.39, 0.29) is 36.2 Å². The van der Waals surface area contributed by atoms with Crippen molar-refractivity contribution in [3.8, 4) is 0 Å². The lowest BCUT2D eigenvalue weighted by atomic mass is 9.86. The molecule has 0 bridgehead atoms. The number of amides is 3. The molecule has 1 unspecified atom stereocenters. The van der Waals surface area contributed by atoms with E-state index in [2.05, 4.69) is 5.32 Å². The standard InChI is InChI=1S/C21H25N3O5/c1-21-11-10-18(26)24(21)16-5-3-2-4-15(16)19(27)23(21)12-17(25)22-14-8-6-13(7-9-14)20(28)29/h2-5,13-14H,6-12H2,1H3,(H,22,25)(H,28,29). The molecule has 29 heavy (non-hydrogen) atoms. The molecule has 0 spiro atoms. The molecular formula is C21H25N3O5. The lowest BCUT2D eigenvalue weighted by Gasteiger charge is -2.48. The van der Waals surface area contributed by atoms with Crippen LogP contribution in [0.2, 0.25) is 0 Å². The van der Waals surface area contributed by atoms with Crippen molar-refractivity contribution in [1.29, 1.82) is 0 Å². The van der Waals surface area contributed by atoms with E-state index in [4.69, 9.17) is 5.11 Å². The predicted molar refractivity (Wildman–Crippen MR) is 104 cm³/mol. The van der Waals surface area contributed by atoms with Gasteiger partial charge in [0.15, 0.2) is 0 Å². The molecular weight excluding hydrogens is 374 g/mol. The number of rotatable bonds is 4. The third-order valence-electron chi connectivity index (χ3n) is 6.49. The minimum absolute atomic E-state index is 0.0511. The second kappa shape index (κ2) is 7.17. The SMILES string of the molecule is CC12CCC(=O)N1c1ccccc1C(=O)N2CC(=O)NC1CCC(C(=O)O)CC1. The van der Waals surface area contributed by atoms with E-state index >= 15 is 0 Å². The summed E-state index contributed by atoms with van der Waals surface area (Å²) in [7, 11) is 0. The summed E-state index contributed by atoms with van der Waals surface area (Å²) in [6, 6.07) is 6.92. The molecule has 0 aromatic heterocycles. The van der Waals surface area contributed by atoms with Crippen molar-refractivity contribution >= 4 is 29.4 Å². The average Bonchev–Trinajstić information content (AvgIpc) is 3.01. The van der Waals surface area contributed by atoms with Gasteiger partial charge >= 0.3 is 5.97 Å². The summed E-state index contributed by atoms with van der Waals surface area (Å²) in [4.78, 5) is 52.7. The van der Waals surface area contributed by atoms with E-state index < -0.39 is 11.6 Å². The van der Waals surface area contributed by atoms with Gasteiger partial charge in [-0.1, -0.05) is 12.1 Å². The fourth-order valence-electron chi connectivity index (χ4n) is 4.84. The molecule has 8 heteroatoms. The fraction of sp³-hybridized carbons (Fsp3) is 0.524. The second-order valence-corrected chi connectivity index (χ2v) is 8.31. The van der Waals surface area contributed by atoms with Crippen molar-refractivity contribution in [1.82, 2.24) is 10.2 Å². The zero-order valence-electron chi connectivity index (χ0n) is 16.4. The van der Waals surface area contributed by atoms with Crippen molar-refractivity contribution < 1.29 is 24.3 Å². The molecule has 0 radical (unpaired) electrons. The maximum absolute atomic E-state index is 13.2. The summed E-state index contributed by atoms with van der Waals surface area (Å²) >= 11 is 0. The van der Waals surface area contributed by atoms with Crippen LogP contribution in [0.25, 0.3) is 0 Å². The highest BCUT2D eigenvalue weighted by Crippen LogP contribution is 2.43. The molecule has 1 aromatic rings. The maximum atomic E-state index is 13.2. The van der Waals surface area contributed by atoms with Crippen LogP contribution < -0.4 is 10.2 Å². The van der Waals surface area contributed by atoms with Crippen LogP contribution in [-0.4, -0.2) is 51.9 Å². The topological polar surface area (TPSA) is 107 Å². The van der Waals surface area contributed by atoms with E-state index in [1.165, 1.54) is 4.90 Å². The number of nitrogens with one attached hydrogen (secondary N) is 1. The molecule has 1 saturated heterocycles. The van der Waals surface area contributed by atoms with Gasteiger partial charge in [0.05, 0.1) is 17.2 Å². The fourth-order valence-corrected chi connectivity index (χ4v) is 4.84. The number of fused-ring (bicyclic) bond motifs is 3. The van der Waals surface area contributed by atoms with Crippen molar-refractivity contribution in [2.75, 3.05) is 11.4 Å². The third-order valence-corrected chi connectivity index (χ3v) is 6.49. The number of aliphatic carboxylic acids is 1. The van der Waals surface area contributed by atoms with Crippen LogP contribution in [0.5, 0.6) is 0 Å². The number of benzene rings is 1. The summed E-state index contributed by atoms with van der Waals surface area (Å²) in [5.41, 5.74) is 0.169. The largest absolute Gasteiger partial charge is 0.481 e. The molecule has 154 valence electrons. The molecule has 2 heterocycles. The average molecular weight is 399 g/mol. The first-order valence-corrected chi connectivity index (χ1v) is 10.1. The summed E-state index contributed by atoms with van der Waals surface area (Å²) in [5.74, 6) is -1.72. The molecule has 2 fully saturated rings. The smallest absolute Gasteiger partial charge is 0.306 e. The Hall–Kier alpha value is -2.90. The zero-order chi connectivity index (χ0) is 20.8. The Labute approximate surface area is 168 Å². The predicted octanol–water partition coefficient (Wildman–Crippen LogP) is 1.74. The summed E-state index contributed by atoms with van der Waals surface area (Å²) < 4.78 is 0. The minimum atomic E-state index is -0.860. The number of anilines is 1. The first-order chi connectivity index (χ1) is 13.8. The van der Waals surface area contributed by atoms with Gasteiger partial charge in [-0.15, -0.1) is 0 Å². The van der Waals surface area contributed by atoms with Gasteiger partial charge in [0.25, 0.3) is 5.91 Å². The maximum Gasteiger partial charge on any atom is 0.306 e. The highest BCUT2D eigenvalue weighted by atomic mass is 16.4. The Morgan fingerprint density at radius 1 is 1.17 bits per heavy atom. The highest BCUT2D eigenvalue weighted by molar-refractivity contribution is 6.11. The van der Waals surface area contributed by atoms with Crippen molar-refractivity contribution in [2.45, 2.75) is 57.2 Å². The minimum Gasteiger partial charge on any atom is -0.481 e. The number of hydrogen-bond donors (Lipinski definition) is 2. The lowest BCUT2D eigenvalue weighted by Crippen LogP contribution is -2.64. The summed E-state index contributed by atoms with van der Waals surface area (Å²) in [6.45, 7) is 1.70. The van der Waals surface area contributed by atoms with E-state index in [9.17, 15) is 19.2 Å². The van der Waals surface area contributed by atoms with E-state index in [0.29, 0.717) is 49.8 Å². The Kier molecular flexibility index (Phi) is 4.80. The lowest BCUT2D eigenvalue weighted by molar-refractivity contribution is -0.142. The van der Waals surface area contributed by atoms with E-state index in [0.717, 1.165) is 0 Å². The molecule has 2 aliphatic heterocycles. The number of para-hydroxylation sites is 1. The molecule has 2 N–H and O–H groups in total.